The van der Waals surface area contributed by atoms with E-state index in [4.69, 9.17) is 14.5 Å². The third-order valence-electron chi connectivity index (χ3n) is 3.94. The summed E-state index contributed by atoms with van der Waals surface area (Å²) in [7, 11) is 1.53. The lowest BCUT2D eigenvalue weighted by molar-refractivity contribution is -0.290. The lowest BCUT2D eigenvalue weighted by Gasteiger charge is -2.28. The van der Waals surface area contributed by atoms with E-state index in [0.717, 1.165) is 25.7 Å². The van der Waals surface area contributed by atoms with Gasteiger partial charge < -0.3 is 4.74 Å². The molecule has 20 heavy (non-hydrogen) atoms. The summed E-state index contributed by atoms with van der Waals surface area (Å²) in [4.78, 5) is 22.5. The van der Waals surface area contributed by atoms with Crippen LogP contribution >= 0.6 is 0 Å². The number of hydrogen-bond donors (Lipinski definition) is 0. The van der Waals surface area contributed by atoms with Crippen molar-refractivity contribution in [1.29, 1.82) is 0 Å². The maximum atomic E-state index is 12.0. The van der Waals surface area contributed by atoms with E-state index < -0.39 is 5.97 Å². The largest absolute Gasteiger partial charge is 0.496 e. The average molecular weight is 278 g/mol. The summed E-state index contributed by atoms with van der Waals surface area (Å²) < 4.78 is 5.14. The van der Waals surface area contributed by atoms with Crippen LogP contribution in [0.5, 0.6) is 5.75 Å². The predicted octanol–water partition coefficient (Wildman–Crippen LogP) is 3.75. The number of carbonyl (C=O) groups excluding carboxylic acids is 1. The first kappa shape index (κ1) is 14.9. The van der Waals surface area contributed by atoms with Crippen molar-refractivity contribution in [2.24, 2.45) is 5.92 Å². The quantitative estimate of drug-likeness (QED) is 0.608. The van der Waals surface area contributed by atoms with Crippen molar-refractivity contribution >= 4 is 5.97 Å². The van der Waals surface area contributed by atoms with Crippen LogP contribution in [-0.2, 0) is 9.78 Å². The van der Waals surface area contributed by atoms with Crippen LogP contribution in [0.25, 0.3) is 0 Å². The van der Waals surface area contributed by atoms with Crippen LogP contribution in [0.15, 0.2) is 24.3 Å². The first-order chi connectivity index (χ1) is 9.76. The maximum absolute atomic E-state index is 12.0. The van der Waals surface area contributed by atoms with E-state index in [9.17, 15) is 4.79 Å². The van der Waals surface area contributed by atoms with Crippen molar-refractivity contribution in [3.63, 3.8) is 0 Å². The Bertz CT molecular complexity index is 444. The minimum absolute atomic E-state index is 0.0207. The first-order valence-electron chi connectivity index (χ1n) is 7.27. The van der Waals surface area contributed by atoms with Gasteiger partial charge in [0.2, 0.25) is 0 Å². The smallest absolute Gasteiger partial charge is 0.376 e. The zero-order valence-electron chi connectivity index (χ0n) is 12.1. The van der Waals surface area contributed by atoms with Crippen molar-refractivity contribution in [2.75, 3.05) is 7.11 Å². The Morgan fingerprint density at radius 3 is 2.75 bits per heavy atom. The molecule has 1 fully saturated rings. The molecule has 110 valence electrons. The van der Waals surface area contributed by atoms with Crippen LogP contribution in [0.3, 0.4) is 0 Å². The van der Waals surface area contributed by atoms with Gasteiger partial charge in [-0.05, 0) is 30.9 Å². The molecule has 2 atom stereocenters. The Balaban J connectivity index is 1.94. The van der Waals surface area contributed by atoms with Crippen LogP contribution in [0, 0.1) is 5.92 Å². The molecule has 1 aromatic carbocycles. The molecule has 0 N–H and O–H groups in total. The summed E-state index contributed by atoms with van der Waals surface area (Å²) in [6.07, 6.45) is 5.54. The molecular weight excluding hydrogens is 256 g/mol. The molecule has 0 amide bonds. The molecule has 0 radical (unpaired) electrons. The van der Waals surface area contributed by atoms with E-state index in [-0.39, 0.29) is 6.10 Å². The molecule has 0 saturated heterocycles. The fraction of sp³-hybridized carbons (Fsp3) is 0.562. The van der Waals surface area contributed by atoms with E-state index in [1.54, 1.807) is 18.2 Å². The number of ether oxygens (including phenoxy) is 1. The molecule has 2 rings (SSSR count). The molecule has 0 spiro atoms. The van der Waals surface area contributed by atoms with Gasteiger partial charge in [0.1, 0.15) is 17.4 Å². The van der Waals surface area contributed by atoms with Gasteiger partial charge in [0.25, 0.3) is 0 Å². The maximum Gasteiger partial charge on any atom is 0.376 e. The molecule has 4 nitrogen and oxygen atoms in total. The molecular formula is C16H22O4. The molecule has 2 unspecified atom stereocenters. The summed E-state index contributed by atoms with van der Waals surface area (Å²) in [5.74, 6) is 0.480. The number of rotatable bonds is 5. The Kier molecular flexibility index (Phi) is 5.41. The van der Waals surface area contributed by atoms with E-state index in [2.05, 4.69) is 6.92 Å². The second kappa shape index (κ2) is 7.29. The van der Waals surface area contributed by atoms with Crippen molar-refractivity contribution < 1.29 is 19.3 Å². The normalized spacial score (nSPS) is 22.3. The van der Waals surface area contributed by atoms with Gasteiger partial charge in [0, 0.05) is 0 Å². The van der Waals surface area contributed by atoms with Gasteiger partial charge in [0.05, 0.1) is 7.11 Å². The fourth-order valence-electron chi connectivity index (χ4n) is 2.73. The van der Waals surface area contributed by atoms with E-state index in [1.807, 2.05) is 6.07 Å². The van der Waals surface area contributed by atoms with Gasteiger partial charge >= 0.3 is 5.97 Å². The number of carbonyl (C=O) groups is 1. The summed E-state index contributed by atoms with van der Waals surface area (Å²) in [5.41, 5.74) is 0.388. The molecule has 1 aliphatic rings. The topological polar surface area (TPSA) is 44.8 Å². The van der Waals surface area contributed by atoms with E-state index in [1.165, 1.54) is 13.5 Å². The Morgan fingerprint density at radius 1 is 1.25 bits per heavy atom. The summed E-state index contributed by atoms with van der Waals surface area (Å²) in [6.45, 7) is 2.15. The highest BCUT2D eigenvalue weighted by Crippen LogP contribution is 2.29. The Hall–Kier alpha value is -1.55. The van der Waals surface area contributed by atoms with Crippen molar-refractivity contribution in [1.82, 2.24) is 0 Å². The summed E-state index contributed by atoms with van der Waals surface area (Å²) >= 11 is 0. The Morgan fingerprint density at radius 2 is 2.00 bits per heavy atom. The van der Waals surface area contributed by atoms with Crippen molar-refractivity contribution in [2.45, 2.75) is 45.1 Å². The molecule has 0 heterocycles. The SMILES string of the molecule is CCC1CCCCC1OOC(=O)c1ccccc1OC. The molecule has 0 aromatic heterocycles. The molecule has 1 aromatic rings. The van der Waals surface area contributed by atoms with E-state index in [0.29, 0.717) is 17.2 Å². The van der Waals surface area contributed by atoms with Gasteiger partial charge in [-0.25, -0.2) is 4.79 Å². The first-order valence-corrected chi connectivity index (χ1v) is 7.27. The van der Waals surface area contributed by atoms with Crippen LogP contribution in [0.2, 0.25) is 0 Å². The fourth-order valence-corrected chi connectivity index (χ4v) is 2.73. The standard InChI is InChI=1S/C16H22O4/c1-3-12-8-4-6-10-14(12)19-20-16(17)13-9-5-7-11-15(13)18-2/h5,7,9,11-12,14H,3-4,6,8,10H2,1-2H3. The minimum Gasteiger partial charge on any atom is -0.496 e. The molecule has 0 aliphatic heterocycles. The lowest BCUT2D eigenvalue weighted by atomic mass is 9.85. The summed E-state index contributed by atoms with van der Waals surface area (Å²) in [6, 6.07) is 6.98. The number of benzene rings is 1. The van der Waals surface area contributed by atoms with Gasteiger partial charge in [-0.2, -0.15) is 4.89 Å². The number of hydrogen-bond acceptors (Lipinski definition) is 4. The van der Waals surface area contributed by atoms with E-state index >= 15 is 0 Å². The third kappa shape index (κ3) is 3.51. The van der Waals surface area contributed by atoms with Crippen LogP contribution < -0.4 is 4.74 Å². The highest BCUT2D eigenvalue weighted by molar-refractivity contribution is 5.92. The number of methoxy groups -OCH3 is 1. The zero-order valence-corrected chi connectivity index (χ0v) is 12.1. The zero-order chi connectivity index (χ0) is 14.4. The lowest BCUT2D eigenvalue weighted by Crippen LogP contribution is -2.28. The molecule has 1 aliphatic carbocycles. The van der Waals surface area contributed by atoms with Crippen LogP contribution in [-0.4, -0.2) is 19.2 Å². The summed E-state index contributed by atoms with van der Waals surface area (Å²) in [5, 5.41) is 0. The van der Waals surface area contributed by atoms with Crippen LogP contribution in [0.1, 0.15) is 49.4 Å². The molecule has 4 heteroatoms. The van der Waals surface area contributed by atoms with Gasteiger partial charge in [-0.3, -0.25) is 4.89 Å². The van der Waals surface area contributed by atoms with Crippen molar-refractivity contribution in [3.05, 3.63) is 29.8 Å². The molecule has 1 saturated carbocycles. The van der Waals surface area contributed by atoms with Gasteiger partial charge in [0.15, 0.2) is 0 Å². The van der Waals surface area contributed by atoms with Crippen molar-refractivity contribution in [3.8, 4) is 5.75 Å². The second-order valence-electron chi connectivity index (χ2n) is 5.16. The van der Waals surface area contributed by atoms with Gasteiger partial charge in [-0.15, -0.1) is 0 Å². The minimum atomic E-state index is -0.497. The highest BCUT2D eigenvalue weighted by atomic mass is 17.2. The second-order valence-corrected chi connectivity index (χ2v) is 5.16. The predicted molar refractivity (Wildman–Crippen MR) is 75.5 cm³/mol. The van der Waals surface area contributed by atoms with Gasteiger partial charge in [-0.1, -0.05) is 38.3 Å². The van der Waals surface area contributed by atoms with Crippen LogP contribution in [0.4, 0.5) is 0 Å². The molecule has 0 bridgehead atoms. The number of para-hydroxylation sites is 1. The average Bonchev–Trinajstić information content (AvgIpc) is 2.52. The third-order valence-corrected chi connectivity index (χ3v) is 3.94. The monoisotopic (exact) mass is 278 g/mol. The highest BCUT2D eigenvalue weighted by Gasteiger charge is 2.27. The Labute approximate surface area is 120 Å².